The molecule has 1 fully saturated rings. The van der Waals surface area contributed by atoms with Crippen LogP contribution in [0.2, 0.25) is 0 Å². The van der Waals surface area contributed by atoms with Gasteiger partial charge in [-0.3, -0.25) is 4.90 Å². The molecule has 2 nitrogen and oxygen atoms in total. The van der Waals surface area contributed by atoms with Crippen LogP contribution in [-0.4, -0.2) is 38.1 Å². The van der Waals surface area contributed by atoms with Crippen molar-refractivity contribution in [1.29, 1.82) is 0 Å². The molecule has 1 aromatic carbocycles. The van der Waals surface area contributed by atoms with E-state index in [4.69, 9.17) is 0 Å². The van der Waals surface area contributed by atoms with Crippen molar-refractivity contribution in [3.63, 3.8) is 0 Å². The van der Waals surface area contributed by atoms with Crippen LogP contribution in [0.15, 0.2) is 0 Å². The van der Waals surface area contributed by atoms with Crippen LogP contribution in [0, 0.1) is 24.3 Å². The minimum Gasteiger partial charge on any atom is -0.445 e. The van der Waals surface area contributed by atoms with Gasteiger partial charge >= 0.3 is 58.4 Å². The van der Waals surface area contributed by atoms with E-state index < -0.39 is 12.4 Å². The van der Waals surface area contributed by atoms with E-state index in [1.807, 2.05) is 6.92 Å². The van der Waals surface area contributed by atoms with E-state index in [0.717, 1.165) is 40.9 Å². The van der Waals surface area contributed by atoms with Gasteiger partial charge in [-0.25, -0.2) is 0 Å². The molecule has 1 saturated heterocycles. The van der Waals surface area contributed by atoms with Crippen molar-refractivity contribution in [2.75, 3.05) is 26.2 Å². The zero-order chi connectivity index (χ0) is 15.8. The van der Waals surface area contributed by atoms with Crippen molar-refractivity contribution >= 4 is 35.0 Å². The largest absolute Gasteiger partial charge is 1.00 e. The van der Waals surface area contributed by atoms with Gasteiger partial charge in [0.1, 0.15) is 0 Å². The number of hydrogen-bond acceptors (Lipinski definition) is 2. The summed E-state index contributed by atoms with van der Waals surface area (Å²) >= 11 is 2.05. The fraction of sp³-hybridized carbons (Fsp3) is 0.571. The van der Waals surface area contributed by atoms with Crippen LogP contribution in [0.4, 0.5) is 12.9 Å². The van der Waals surface area contributed by atoms with Crippen molar-refractivity contribution in [2.45, 2.75) is 27.3 Å². The average molecular weight is 450 g/mol. The van der Waals surface area contributed by atoms with Gasteiger partial charge in [0.2, 0.25) is 0 Å². The van der Waals surface area contributed by atoms with E-state index in [-0.39, 0.29) is 51.4 Å². The molecule has 1 heterocycles. The molecule has 0 aromatic heterocycles. The SMILES string of the molecule is Cc1c(I)c(C)c([B-](F)(F)F)c(C)c1CN1CCNCC1.[K+]. The number of piperazine rings is 1. The molecule has 2 rings (SSSR count). The van der Waals surface area contributed by atoms with Crippen LogP contribution in [0.5, 0.6) is 0 Å². The summed E-state index contributed by atoms with van der Waals surface area (Å²) in [7, 11) is 0. The number of nitrogens with zero attached hydrogens (tertiary/aromatic N) is 1. The van der Waals surface area contributed by atoms with Crippen LogP contribution >= 0.6 is 22.6 Å². The monoisotopic (exact) mass is 450 g/mol. The molecule has 0 amide bonds. The van der Waals surface area contributed by atoms with E-state index in [2.05, 4.69) is 32.8 Å². The predicted molar refractivity (Wildman–Crippen MR) is 90.2 cm³/mol. The zero-order valence-electron chi connectivity index (χ0n) is 13.6. The Bertz CT molecular complexity index is 546. The average Bonchev–Trinajstić information content (AvgIpc) is 2.41. The maximum Gasteiger partial charge on any atom is 1.00 e. The summed E-state index contributed by atoms with van der Waals surface area (Å²) in [6, 6.07) is 0. The Morgan fingerprint density at radius 2 is 1.59 bits per heavy atom. The summed E-state index contributed by atoms with van der Waals surface area (Å²) in [5.41, 5.74) is 2.24. The van der Waals surface area contributed by atoms with E-state index in [1.165, 1.54) is 0 Å². The van der Waals surface area contributed by atoms with Crippen LogP contribution in [0.1, 0.15) is 22.3 Å². The summed E-state index contributed by atoms with van der Waals surface area (Å²) in [6.07, 6.45) is 0. The number of hydrogen-bond donors (Lipinski definition) is 1. The Hall–Kier alpha value is 1.36. The third-order valence-electron chi connectivity index (χ3n) is 4.29. The van der Waals surface area contributed by atoms with Crippen LogP contribution in [0.25, 0.3) is 0 Å². The van der Waals surface area contributed by atoms with Gasteiger partial charge in [0.05, 0.1) is 0 Å². The minimum atomic E-state index is -4.97. The maximum absolute atomic E-state index is 13.4. The van der Waals surface area contributed by atoms with Gasteiger partial charge < -0.3 is 18.3 Å². The molecule has 1 aliphatic heterocycles. The van der Waals surface area contributed by atoms with Crippen LogP contribution in [0.3, 0.4) is 0 Å². The third-order valence-corrected chi connectivity index (χ3v) is 5.91. The first-order valence-corrected chi connectivity index (χ1v) is 8.22. The molecule has 0 aliphatic carbocycles. The second-order valence-electron chi connectivity index (χ2n) is 5.68. The molecule has 0 unspecified atom stereocenters. The van der Waals surface area contributed by atoms with Gasteiger partial charge in [-0.15, -0.1) is 5.46 Å². The molecule has 1 N–H and O–H groups in total. The second-order valence-corrected chi connectivity index (χ2v) is 6.76. The molecule has 0 saturated carbocycles. The Kier molecular flexibility index (Phi) is 8.41. The molecule has 1 aliphatic rings. The normalized spacial score (nSPS) is 16.5. The molecule has 0 spiro atoms. The molecule has 0 atom stereocenters. The quantitative estimate of drug-likeness (QED) is 0.502. The molecule has 118 valence electrons. The fourth-order valence-electron chi connectivity index (χ4n) is 3.08. The van der Waals surface area contributed by atoms with E-state index in [0.29, 0.717) is 17.7 Å². The molecule has 22 heavy (non-hydrogen) atoms. The molecule has 1 aromatic rings. The topological polar surface area (TPSA) is 15.3 Å². The number of nitrogens with one attached hydrogen (secondary N) is 1. The van der Waals surface area contributed by atoms with Gasteiger partial charge in [0.25, 0.3) is 0 Å². The Morgan fingerprint density at radius 1 is 1.05 bits per heavy atom. The van der Waals surface area contributed by atoms with E-state index in [1.54, 1.807) is 13.8 Å². The van der Waals surface area contributed by atoms with Gasteiger partial charge in [-0.1, -0.05) is 11.1 Å². The summed E-state index contributed by atoms with van der Waals surface area (Å²) in [5.74, 6) is 0. The van der Waals surface area contributed by atoms with Crippen molar-refractivity contribution in [3.8, 4) is 0 Å². The van der Waals surface area contributed by atoms with Gasteiger partial charge in [0, 0.05) is 36.3 Å². The minimum absolute atomic E-state index is 0. The fourth-order valence-corrected chi connectivity index (χ4v) is 3.69. The Balaban J connectivity index is 0.00000242. The van der Waals surface area contributed by atoms with Crippen LogP contribution < -0.4 is 62.2 Å². The van der Waals surface area contributed by atoms with E-state index >= 15 is 0 Å². The first kappa shape index (κ1) is 21.4. The summed E-state index contributed by atoms with van der Waals surface area (Å²) in [5, 5.41) is 3.27. The number of halogens is 4. The smallest absolute Gasteiger partial charge is 0.445 e. The summed E-state index contributed by atoms with van der Waals surface area (Å²) in [4.78, 5) is 2.23. The maximum atomic E-state index is 13.4. The standard InChI is InChI=1S/C14H20BF3IN2.K/c1-9-12(8-21-6-4-20-5-7-21)10(2)14(19)11(3)13(9)15(16,17)18;/h20H,4-8H2,1-3H3;/q-1;+1. The summed E-state index contributed by atoms with van der Waals surface area (Å²) in [6.45, 7) is 4.34. The predicted octanol–water partition coefficient (Wildman–Crippen LogP) is -0.320. The molecule has 8 heteroatoms. The van der Waals surface area contributed by atoms with Crippen molar-refractivity contribution in [2.24, 2.45) is 0 Å². The van der Waals surface area contributed by atoms with Gasteiger partial charge in [-0.05, 0) is 54.5 Å². The second kappa shape index (κ2) is 8.64. The Morgan fingerprint density at radius 3 is 2.09 bits per heavy atom. The summed E-state index contributed by atoms with van der Waals surface area (Å²) < 4.78 is 41.0. The van der Waals surface area contributed by atoms with Crippen molar-refractivity contribution in [3.05, 3.63) is 25.8 Å². The first-order valence-electron chi connectivity index (χ1n) is 7.14. The number of rotatable bonds is 3. The van der Waals surface area contributed by atoms with Gasteiger partial charge in [-0.2, -0.15) is 0 Å². The molecular weight excluding hydrogens is 430 g/mol. The van der Waals surface area contributed by atoms with Crippen LogP contribution in [-0.2, 0) is 6.54 Å². The molecule has 0 bridgehead atoms. The molecular formula is C14H20BF3IKN2. The van der Waals surface area contributed by atoms with E-state index in [9.17, 15) is 12.9 Å². The number of benzene rings is 1. The van der Waals surface area contributed by atoms with Crippen molar-refractivity contribution < 1.29 is 64.3 Å². The first-order chi connectivity index (χ1) is 9.73. The molecule has 0 radical (unpaired) electrons. The van der Waals surface area contributed by atoms with Gasteiger partial charge in [0.15, 0.2) is 0 Å². The zero-order valence-corrected chi connectivity index (χ0v) is 18.9. The van der Waals surface area contributed by atoms with Crippen molar-refractivity contribution in [1.82, 2.24) is 10.2 Å². The Labute approximate surface area is 186 Å². The third kappa shape index (κ3) is 4.71.